The lowest BCUT2D eigenvalue weighted by atomic mass is 10.2. The number of carbonyl (C=O) groups is 2. The largest absolute Gasteiger partial charge is 0.372 e. The van der Waals surface area contributed by atoms with Gasteiger partial charge in [0.15, 0.2) is 5.13 Å². The van der Waals surface area contributed by atoms with E-state index in [-0.39, 0.29) is 24.0 Å². The number of carbonyl (C=O) groups excluding carboxylic acids is 2. The van der Waals surface area contributed by atoms with Crippen LogP contribution in [0.15, 0.2) is 41.8 Å². The van der Waals surface area contributed by atoms with Crippen LogP contribution in [-0.2, 0) is 14.3 Å². The number of aromatic nitrogens is 1. The summed E-state index contributed by atoms with van der Waals surface area (Å²) in [7, 11) is 0. The summed E-state index contributed by atoms with van der Waals surface area (Å²) < 4.78 is 5.66. The fraction of sp³-hybridized carbons (Fsp3) is 0.350. The van der Waals surface area contributed by atoms with Crippen LogP contribution in [0, 0.1) is 0 Å². The highest BCUT2D eigenvalue weighted by molar-refractivity contribution is 7.14. The maximum atomic E-state index is 12.4. The van der Waals surface area contributed by atoms with Crippen LogP contribution in [0.25, 0.3) is 6.08 Å². The lowest BCUT2D eigenvalue weighted by Crippen LogP contribution is -2.47. The van der Waals surface area contributed by atoms with Crippen molar-refractivity contribution in [3.63, 3.8) is 0 Å². The van der Waals surface area contributed by atoms with Gasteiger partial charge in [0.1, 0.15) is 0 Å². The highest BCUT2D eigenvalue weighted by atomic mass is 32.1. The molecule has 2 heterocycles. The van der Waals surface area contributed by atoms with Crippen molar-refractivity contribution in [3.05, 3.63) is 47.5 Å². The van der Waals surface area contributed by atoms with Crippen LogP contribution in [0.4, 0.5) is 10.8 Å². The van der Waals surface area contributed by atoms with E-state index >= 15 is 0 Å². The number of amides is 2. The van der Waals surface area contributed by atoms with E-state index in [0.717, 1.165) is 5.69 Å². The monoisotopic (exact) mass is 385 g/mol. The molecule has 6 nitrogen and oxygen atoms in total. The van der Waals surface area contributed by atoms with Crippen LogP contribution < -0.4 is 4.90 Å². The molecule has 1 saturated heterocycles. The van der Waals surface area contributed by atoms with E-state index in [1.165, 1.54) is 24.3 Å². The highest BCUT2D eigenvalue weighted by Gasteiger charge is 2.24. The number of thiazole rings is 1. The number of nitrogens with zero attached hydrogens (tertiary/aromatic N) is 3. The average Bonchev–Trinajstić information content (AvgIpc) is 3.08. The van der Waals surface area contributed by atoms with Gasteiger partial charge in [0, 0.05) is 31.5 Å². The Hall–Kier alpha value is -2.51. The first-order valence-electron chi connectivity index (χ1n) is 8.87. The van der Waals surface area contributed by atoms with Gasteiger partial charge in [-0.1, -0.05) is 18.2 Å². The predicted molar refractivity (Wildman–Crippen MR) is 107 cm³/mol. The molecule has 0 radical (unpaired) electrons. The Balaban J connectivity index is 1.72. The summed E-state index contributed by atoms with van der Waals surface area (Å²) in [4.78, 5) is 32.4. The van der Waals surface area contributed by atoms with Crippen molar-refractivity contribution in [2.75, 3.05) is 18.0 Å². The van der Waals surface area contributed by atoms with E-state index in [2.05, 4.69) is 4.98 Å². The van der Waals surface area contributed by atoms with Gasteiger partial charge in [-0.25, -0.2) is 4.98 Å². The van der Waals surface area contributed by atoms with Gasteiger partial charge < -0.3 is 9.64 Å². The van der Waals surface area contributed by atoms with E-state index in [0.29, 0.717) is 23.9 Å². The van der Waals surface area contributed by atoms with Crippen LogP contribution in [0.2, 0.25) is 0 Å². The van der Waals surface area contributed by atoms with E-state index in [1.807, 2.05) is 49.6 Å². The van der Waals surface area contributed by atoms with Crippen LogP contribution >= 0.6 is 11.3 Å². The van der Waals surface area contributed by atoms with Gasteiger partial charge in [-0.15, -0.1) is 11.3 Å². The first-order chi connectivity index (χ1) is 12.9. The molecule has 27 heavy (non-hydrogen) atoms. The van der Waals surface area contributed by atoms with Gasteiger partial charge in [-0.2, -0.15) is 0 Å². The summed E-state index contributed by atoms with van der Waals surface area (Å²) in [6.07, 6.45) is 3.29. The Morgan fingerprint density at radius 3 is 2.52 bits per heavy atom. The Kier molecular flexibility index (Phi) is 6.03. The second-order valence-electron chi connectivity index (χ2n) is 6.58. The fourth-order valence-corrected chi connectivity index (χ4v) is 3.93. The molecule has 2 amide bonds. The summed E-state index contributed by atoms with van der Waals surface area (Å²) in [5.74, 6) is -0.170. The predicted octanol–water partition coefficient (Wildman–Crippen LogP) is 3.48. The molecule has 0 spiro atoms. The van der Waals surface area contributed by atoms with Crippen LogP contribution in [0.1, 0.15) is 26.5 Å². The van der Waals surface area contributed by atoms with Crippen molar-refractivity contribution in [3.8, 4) is 0 Å². The molecule has 2 atom stereocenters. The maximum absolute atomic E-state index is 12.4. The summed E-state index contributed by atoms with van der Waals surface area (Å²) in [5.41, 5.74) is 1.42. The third kappa shape index (κ3) is 4.81. The second kappa shape index (κ2) is 8.45. The normalized spacial score (nSPS) is 20.0. The molecule has 0 saturated carbocycles. The molecule has 0 bridgehead atoms. The Morgan fingerprint density at radius 1 is 1.22 bits per heavy atom. The number of ether oxygens (including phenoxy) is 1. The van der Waals surface area contributed by atoms with Crippen molar-refractivity contribution in [2.45, 2.75) is 33.0 Å². The van der Waals surface area contributed by atoms with Gasteiger partial charge in [0.25, 0.3) is 0 Å². The number of morpholine rings is 1. The number of hydrogen-bond acceptors (Lipinski definition) is 5. The molecular formula is C20H23N3O3S. The summed E-state index contributed by atoms with van der Waals surface area (Å²) in [5, 5.41) is 2.41. The Morgan fingerprint density at radius 2 is 1.89 bits per heavy atom. The van der Waals surface area contributed by atoms with Gasteiger partial charge in [0.05, 0.1) is 23.6 Å². The minimum atomic E-state index is -0.113. The molecule has 1 fully saturated rings. The molecule has 1 aromatic heterocycles. The number of hydrogen-bond donors (Lipinski definition) is 0. The van der Waals surface area contributed by atoms with Gasteiger partial charge in [-0.05, 0) is 32.1 Å². The smallest absolute Gasteiger partial charge is 0.246 e. The first-order valence-corrected chi connectivity index (χ1v) is 9.75. The molecule has 142 valence electrons. The number of anilines is 2. The van der Waals surface area contributed by atoms with E-state index < -0.39 is 0 Å². The standard InChI is InChI=1S/C20H23N3O3S/c1-14-11-22(12-15(2)26-14)19(25)10-9-17-13-27-20(21-17)23(16(3)24)18-7-5-4-6-8-18/h4-10,13-15H,11-12H2,1-3H3/b10-9-/t14-,15+. The molecular weight excluding hydrogens is 362 g/mol. The number of rotatable bonds is 4. The van der Waals surface area contributed by atoms with Crippen molar-refractivity contribution in [1.82, 2.24) is 9.88 Å². The lowest BCUT2D eigenvalue weighted by Gasteiger charge is -2.34. The number of para-hydroxylation sites is 1. The van der Waals surface area contributed by atoms with E-state index in [4.69, 9.17) is 4.74 Å². The average molecular weight is 385 g/mol. The quantitative estimate of drug-likeness (QED) is 0.756. The van der Waals surface area contributed by atoms with Gasteiger partial charge >= 0.3 is 0 Å². The van der Waals surface area contributed by atoms with Crippen molar-refractivity contribution in [1.29, 1.82) is 0 Å². The Labute approximate surface area is 163 Å². The SMILES string of the molecule is CC(=O)N(c1ccccc1)c1nc(/C=C\C(=O)N2C[C@@H](C)O[C@@H](C)C2)cs1. The van der Waals surface area contributed by atoms with Crippen LogP contribution in [0.5, 0.6) is 0 Å². The van der Waals surface area contributed by atoms with Crippen LogP contribution in [0.3, 0.4) is 0 Å². The van der Waals surface area contributed by atoms with E-state index in [1.54, 1.807) is 15.9 Å². The third-order valence-corrected chi connectivity index (χ3v) is 5.00. The molecule has 0 unspecified atom stereocenters. The molecule has 3 rings (SSSR count). The first kappa shape index (κ1) is 19.3. The Bertz CT molecular complexity index is 824. The van der Waals surface area contributed by atoms with Gasteiger partial charge in [-0.3, -0.25) is 14.5 Å². The highest BCUT2D eigenvalue weighted by Crippen LogP contribution is 2.29. The summed E-state index contributed by atoms with van der Waals surface area (Å²) in [6, 6.07) is 9.38. The molecule has 1 aromatic carbocycles. The molecule has 2 aromatic rings. The molecule has 0 N–H and O–H groups in total. The zero-order chi connectivity index (χ0) is 19.4. The van der Waals surface area contributed by atoms with Crippen LogP contribution in [-0.4, -0.2) is 47.0 Å². The minimum Gasteiger partial charge on any atom is -0.372 e. The van der Waals surface area contributed by atoms with E-state index in [9.17, 15) is 9.59 Å². The zero-order valence-corrected chi connectivity index (χ0v) is 16.5. The van der Waals surface area contributed by atoms with Crippen molar-refractivity contribution >= 4 is 40.0 Å². The molecule has 1 aliphatic rings. The summed E-state index contributed by atoms with van der Waals surface area (Å²) in [6.45, 7) is 6.61. The van der Waals surface area contributed by atoms with Crippen molar-refractivity contribution in [2.24, 2.45) is 0 Å². The molecule has 0 aliphatic carbocycles. The molecule has 7 heteroatoms. The second-order valence-corrected chi connectivity index (χ2v) is 7.42. The molecule has 1 aliphatic heterocycles. The lowest BCUT2D eigenvalue weighted by molar-refractivity contribution is -0.137. The minimum absolute atomic E-state index is 0.0342. The maximum Gasteiger partial charge on any atom is 0.246 e. The van der Waals surface area contributed by atoms with Gasteiger partial charge in [0.2, 0.25) is 11.8 Å². The zero-order valence-electron chi connectivity index (χ0n) is 15.7. The third-order valence-electron chi connectivity index (χ3n) is 4.16. The summed E-state index contributed by atoms with van der Waals surface area (Å²) >= 11 is 1.37. The van der Waals surface area contributed by atoms with Crippen molar-refractivity contribution < 1.29 is 14.3 Å². The number of benzene rings is 1. The topological polar surface area (TPSA) is 62.7 Å². The fourth-order valence-electron chi connectivity index (χ4n) is 3.08.